The quantitative estimate of drug-likeness (QED) is 0.621. The van der Waals surface area contributed by atoms with E-state index in [1.807, 2.05) is 0 Å². The average molecular weight is 181 g/mol. The van der Waals surface area contributed by atoms with Gasteiger partial charge in [0.15, 0.2) is 11.3 Å². The van der Waals surface area contributed by atoms with Crippen molar-refractivity contribution in [3.63, 3.8) is 0 Å². The van der Waals surface area contributed by atoms with Gasteiger partial charge in [0.1, 0.15) is 0 Å². The first-order chi connectivity index (χ1) is 5.79. The summed E-state index contributed by atoms with van der Waals surface area (Å²) < 4.78 is 0. The molecule has 0 fully saturated rings. The van der Waals surface area contributed by atoms with Crippen LogP contribution >= 0.6 is 11.3 Å². The molecule has 1 aromatic heterocycles. The van der Waals surface area contributed by atoms with E-state index < -0.39 is 0 Å². The van der Waals surface area contributed by atoms with Crippen LogP contribution in [0.3, 0.4) is 0 Å². The number of rotatable bonds is 1. The van der Waals surface area contributed by atoms with Gasteiger partial charge in [0.2, 0.25) is 0 Å². The van der Waals surface area contributed by atoms with Crippen LogP contribution in [-0.2, 0) is 12.8 Å². The van der Waals surface area contributed by atoms with Gasteiger partial charge >= 0.3 is 0 Å². The molecular weight excluding hydrogens is 170 g/mol. The van der Waals surface area contributed by atoms with Crippen LogP contribution in [0.5, 0.6) is 0 Å². The number of aromatic nitrogens is 1. The molecule has 0 aromatic carbocycles. The summed E-state index contributed by atoms with van der Waals surface area (Å²) in [6.45, 7) is 2.25. The Morgan fingerprint density at radius 3 is 3.25 bits per heavy atom. The van der Waals surface area contributed by atoms with Gasteiger partial charge in [-0.05, 0) is 25.2 Å². The number of aryl methyl sites for hydroxylation is 1. The van der Waals surface area contributed by atoms with E-state index in [0.29, 0.717) is 5.01 Å². The van der Waals surface area contributed by atoms with Crippen molar-refractivity contribution in [1.29, 1.82) is 0 Å². The van der Waals surface area contributed by atoms with E-state index in [4.69, 9.17) is 0 Å². The molecule has 0 saturated carbocycles. The number of aldehydes is 1. The van der Waals surface area contributed by atoms with Crippen LogP contribution < -0.4 is 0 Å². The van der Waals surface area contributed by atoms with E-state index in [-0.39, 0.29) is 0 Å². The van der Waals surface area contributed by atoms with Crippen molar-refractivity contribution in [3.8, 4) is 0 Å². The largest absolute Gasteiger partial charge is 0.295 e. The molecule has 1 heterocycles. The Balaban J connectivity index is 2.34. The van der Waals surface area contributed by atoms with Crippen LogP contribution in [0.4, 0.5) is 0 Å². The Labute approximate surface area is 75.6 Å². The molecule has 0 bridgehead atoms. The summed E-state index contributed by atoms with van der Waals surface area (Å²) in [4.78, 5) is 16.0. The molecular formula is C9H11NOS. The highest BCUT2D eigenvalue weighted by molar-refractivity contribution is 7.13. The van der Waals surface area contributed by atoms with Crippen LogP contribution in [0.15, 0.2) is 0 Å². The third-order valence-corrected chi connectivity index (χ3v) is 3.35. The summed E-state index contributed by atoms with van der Waals surface area (Å²) in [6.07, 6.45) is 4.24. The van der Waals surface area contributed by atoms with Gasteiger partial charge in [0.25, 0.3) is 0 Å². The fraction of sp³-hybridized carbons (Fsp3) is 0.556. The Hall–Kier alpha value is -0.700. The monoisotopic (exact) mass is 181 g/mol. The van der Waals surface area contributed by atoms with E-state index >= 15 is 0 Å². The van der Waals surface area contributed by atoms with Gasteiger partial charge in [-0.2, -0.15) is 0 Å². The van der Waals surface area contributed by atoms with Gasteiger partial charge in [0.05, 0.1) is 5.69 Å². The zero-order valence-electron chi connectivity index (χ0n) is 7.04. The fourth-order valence-corrected chi connectivity index (χ4v) is 2.70. The zero-order valence-corrected chi connectivity index (χ0v) is 7.86. The summed E-state index contributed by atoms with van der Waals surface area (Å²) in [5.41, 5.74) is 1.17. The van der Waals surface area contributed by atoms with E-state index in [1.54, 1.807) is 11.3 Å². The summed E-state index contributed by atoms with van der Waals surface area (Å²) >= 11 is 1.56. The lowest BCUT2D eigenvalue weighted by molar-refractivity contribution is 0.112. The summed E-state index contributed by atoms with van der Waals surface area (Å²) in [6, 6.07) is 0. The maximum Gasteiger partial charge on any atom is 0.178 e. The highest BCUT2D eigenvalue weighted by Crippen LogP contribution is 2.28. The van der Waals surface area contributed by atoms with Gasteiger partial charge in [0, 0.05) is 4.88 Å². The number of thiazole rings is 1. The van der Waals surface area contributed by atoms with Gasteiger partial charge in [-0.3, -0.25) is 4.79 Å². The normalized spacial score (nSPS) is 21.9. The van der Waals surface area contributed by atoms with E-state index in [2.05, 4.69) is 11.9 Å². The maximum absolute atomic E-state index is 10.5. The van der Waals surface area contributed by atoms with E-state index in [9.17, 15) is 4.79 Å². The van der Waals surface area contributed by atoms with Crippen molar-refractivity contribution in [3.05, 3.63) is 15.6 Å². The molecule has 2 nitrogen and oxygen atoms in total. The smallest absolute Gasteiger partial charge is 0.178 e. The molecule has 0 saturated heterocycles. The van der Waals surface area contributed by atoms with Crippen molar-refractivity contribution < 1.29 is 4.79 Å². The first-order valence-electron chi connectivity index (χ1n) is 4.23. The van der Waals surface area contributed by atoms with E-state index in [1.165, 1.54) is 17.0 Å². The predicted octanol–water partition coefficient (Wildman–Crippen LogP) is 2.08. The third-order valence-electron chi connectivity index (χ3n) is 2.30. The second-order valence-electron chi connectivity index (χ2n) is 3.39. The Morgan fingerprint density at radius 2 is 2.50 bits per heavy atom. The van der Waals surface area contributed by atoms with Crippen LogP contribution in [0.2, 0.25) is 0 Å². The third kappa shape index (κ3) is 1.29. The maximum atomic E-state index is 10.5. The topological polar surface area (TPSA) is 30.0 Å². The van der Waals surface area contributed by atoms with Crippen molar-refractivity contribution in [1.82, 2.24) is 4.98 Å². The molecule has 0 N–H and O–H groups in total. The molecule has 0 amide bonds. The van der Waals surface area contributed by atoms with Crippen LogP contribution in [0, 0.1) is 5.92 Å². The lowest BCUT2D eigenvalue weighted by atomic mass is 9.93. The number of hydrogen-bond donors (Lipinski definition) is 0. The van der Waals surface area contributed by atoms with Gasteiger partial charge < -0.3 is 0 Å². The Kier molecular flexibility index (Phi) is 1.97. The number of nitrogens with zero attached hydrogens (tertiary/aromatic N) is 1. The summed E-state index contributed by atoms with van der Waals surface area (Å²) in [5, 5.41) is 0.647. The van der Waals surface area contributed by atoms with E-state index in [0.717, 1.165) is 25.0 Å². The molecule has 1 atom stereocenters. The number of fused-ring (bicyclic) bond motifs is 1. The minimum Gasteiger partial charge on any atom is -0.295 e. The second kappa shape index (κ2) is 2.98. The molecule has 2 rings (SSSR count). The minimum absolute atomic E-state index is 0.647. The van der Waals surface area contributed by atoms with Gasteiger partial charge in [-0.25, -0.2) is 4.98 Å². The molecule has 1 aliphatic carbocycles. The van der Waals surface area contributed by atoms with Crippen LogP contribution in [0.1, 0.15) is 33.7 Å². The Morgan fingerprint density at radius 1 is 1.67 bits per heavy atom. The molecule has 0 unspecified atom stereocenters. The molecule has 3 heteroatoms. The van der Waals surface area contributed by atoms with Crippen molar-refractivity contribution in [2.75, 3.05) is 0 Å². The molecule has 0 aliphatic heterocycles. The zero-order chi connectivity index (χ0) is 8.55. The molecule has 0 radical (unpaired) electrons. The van der Waals surface area contributed by atoms with Gasteiger partial charge in [-0.15, -0.1) is 11.3 Å². The number of carbonyl (C=O) groups excluding carboxylic acids is 1. The minimum atomic E-state index is 0.647. The SMILES string of the molecule is C[C@H]1CCc2nc(C=O)sc2C1. The molecule has 12 heavy (non-hydrogen) atoms. The van der Waals surface area contributed by atoms with Gasteiger partial charge in [-0.1, -0.05) is 6.92 Å². The number of carbonyl (C=O) groups is 1. The highest BCUT2D eigenvalue weighted by atomic mass is 32.1. The standard InChI is InChI=1S/C9H11NOS/c1-6-2-3-7-8(4-6)12-9(5-11)10-7/h5-6H,2-4H2,1H3/t6-/m0/s1. The number of hydrogen-bond acceptors (Lipinski definition) is 3. The lowest BCUT2D eigenvalue weighted by Crippen LogP contribution is -2.09. The first-order valence-corrected chi connectivity index (χ1v) is 5.05. The first kappa shape index (κ1) is 7.92. The lowest BCUT2D eigenvalue weighted by Gasteiger charge is -2.15. The highest BCUT2D eigenvalue weighted by Gasteiger charge is 2.19. The molecule has 0 spiro atoms. The van der Waals surface area contributed by atoms with Crippen molar-refractivity contribution in [2.24, 2.45) is 5.92 Å². The van der Waals surface area contributed by atoms with Crippen LogP contribution in [0.25, 0.3) is 0 Å². The predicted molar refractivity (Wildman–Crippen MR) is 48.7 cm³/mol. The second-order valence-corrected chi connectivity index (χ2v) is 4.50. The summed E-state index contributed by atoms with van der Waals surface area (Å²) in [7, 11) is 0. The van der Waals surface area contributed by atoms with Crippen molar-refractivity contribution >= 4 is 17.6 Å². The molecule has 1 aromatic rings. The Bertz CT molecular complexity index is 305. The fourth-order valence-electron chi connectivity index (χ4n) is 1.61. The van der Waals surface area contributed by atoms with Crippen molar-refractivity contribution in [2.45, 2.75) is 26.2 Å². The van der Waals surface area contributed by atoms with Crippen LogP contribution in [-0.4, -0.2) is 11.3 Å². The summed E-state index contributed by atoms with van der Waals surface area (Å²) in [5.74, 6) is 0.762. The molecule has 1 aliphatic rings. The average Bonchev–Trinajstić information content (AvgIpc) is 2.46. The molecule has 64 valence electrons.